The topological polar surface area (TPSA) is 26.3 Å². The molecule has 2 nitrogen and oxygen atoms in total. The van der Waals surface area contributed by atoms with Crippen LogP contribution in [0.1, 0.15) is 45.1 Å². The number of hydrogen-bond acceptors (Lipinski definition) is 2. The Morgan fingerprint density at radius 1 is 1.29 bits per heavy atom. The molecular formula is C15H22O2. The van der Waals surface area contributed by atoms with Crippen molar-refractivity contribution in [2.75, 3.05) is 0 Å². The molecule has 1 atom stereocenters. The molecule has 1 aromatic rings. The number of carbonyl (C=O) groups excluding carboxylic acids is 1. The van der Waals surface area contributed by atoms with Gasteiger partial charge in [0.05, 0.1) is 0 Å². The fraction of sp³-hybridized carbons (Fsp3) is 0.533. The molecular weight excluding hydrogens is 212 g/mol. The SMILES string of the molecule is CCC(C)CCCC(=O)OCc1ccccc1. The average molecular weight is 234 g/mol. The van der Waals surface area contributed by atoms with Gasteiger partial charge in [-0.1, -0.05) is 57.0 Å². The van der Waals surface area contributed by atoms with Gasteiger partial charge in [-0.2, -0.15) is 0 Å². The van der Waals surface area contributed by atoms with Crippen LogP contribution in [0.25, 0.3) is 0 Å². The van der Waals surface area contributed by atoms with Crippen LogP contribution in [0.15, 0.2) is 30.3 Å². The summed E-state index contributed by atoms with van der Waals surface area (Å²) in [6.45, 7) is 4.79. The molecule has 0 spiro atoms. The summed E-state index contributed by atoms with van der Waals surface area (Å²) in [5.74, 6) is 0.620. The fourth-order valence-corrected chi connectivity index (χ4v) is 1.61. The smallest absolute Gasteiger partial charge is 0.306 e. The van der Waals surface area contributed by atoms with E-state index >= 15 is 0 Å². The molecule has 2 heteroatoms. The van der Waals surface area contributed by atoms with E-state index in [2.05, 4.69) is 13.8 Å². The lowest BCUT2D eigenvalue weighted by molar-refractivity contribution is -0.145. The van der Waals surface area contributed by atoms with Crippen LogP contribution in [0.3, 0.4) is 0 Å². The third kappa shape index (κ3) is 6.10. The van der Waals surface area contributed by atoms with Crippen molar-refractivity contribution >= 4 is 5.97 Å². The van der Waals surface area contributed by atoms with Crippen LogP contribution in [0.5, 0.6) is 0 Å². The Morgan fingerprint density at radius 2 is 2.00 bits per heavy atom. The van der Waals surface area contributed by atoms with Gasteiger partial charge in [0.1, 0.15) is 6.61 Å². The maximum absolute atomic E-state index is 11.5. The quantitative estimate of drug-likeness (QED) is 0.668. The molecule has 0 heterocycles. The molecule has 0 saturated heterocycles. The lowest BCUT2D eigenvalue weighted by Gasteiger charge is -2.08. The third-order valence-electron chi connectivity index (χ3n) is 3.02. The van der Waals surface area contributed by atoms with E-state index in [9.17, 15) is 4.79 Å². The molecule has 1 aromatic carbocycles. The molecule has 0 aliphatic rings. The number of ether oxygens (including phenoxy) is 1. The van der Waals surface area contributed by atoms with Crippen molar-refractivity contribution in [1.82, 2.24) is 0 Å². The van der Waals surface area contributed by atoms with Gasteiger partial charge in [-0.15, -0.1) is 0 Å². The predicted octanol–water partition coefficient (Wildman–Crippen LogP) is 3.95. The third-order valence-corrected chi connectivity index (χ3v) is 3.02. The molecule has 1 unspecified atom stereocenters. The highest BCUT2D eigenvalue weighted by Gasteiger charge is 2.05. The highest BCUT2D eigenvalue weighted by atomic mass is 16.5. The van der Waals surface area contributed by atoms with Crippen molar-refractivity contribution < 1.29 is 9.53 Å². The largest absolute Gasteiger partial charge is 0.461 e. The molecule has 0 bridgehead atoms. The van der Waals surface area contributed by atoms with Crippen LogP contribution >= 0.6 is 0 Å². The number of rotatable bonds is 7. The van der Waals surface area contributed by atoms with Gasteiger partial charge in [-0.3, -0.25) is 4.79 Å². The summed E-state index contributed by atoms with van der Waals surface area (Å²) in [5, 5.41) is 0. The second-order valence-electron chi connectivity index (χ2n) is 4.55. The molecule has 0 aliphatic carbocycles. The summed E-state index contributed by atoms with van der Waals surface area (Å²) < 4.78 is 5.20. The van der Waals surface area contributed by atoms with Crippen LogP contribution in [0.4, 0.5) is 0 Å². The summed E-state index contributed by atoms with van der Waals surface area (Å²) in [6.07, 6.45) is 3.76. The zero-order valence-corrected chi connectivity index (χ0v) is 10.8. The van der Waals surface area contributed by atoms with E-state index < -0.39 is 0 Å². The summed E-state index contributed by atoms with van der Waals surface area (Å²) >= 11 is 0. The van der Waals surface area contributed by atoms with Crippen LogP contribution in [0, 0.1) is 5.92 Å². The van der Waals surface area contributed by atoms with E-state index in [4.69, 9.17) is 4.74 Å². The molecule has 0 saturated carbocycles. The zero-order chi connectivity index (χ0) is 12.5. The molecule has 0 amide bonds. The zero-order valence-electron chi connectivity index (χ0n) is 10.8. The van der Waals surface area contributed by atoms with Crippen molar-refractivity contribution in [2.45, 2.75) is 46.1 Å². The van der Waals surface area contributed by atoms with Crippen molar-refractivity contribution in [3.05, 3.63) is 35.9 Å². The first-order valence-electron chi connectivity index (χ1n) is 6.42. The van der Waals surface area contributed by atoms with E-state index in [0.29, 0.717) is 18.9 Å². The van der Waals surface area contributed by atoms with Gasteiger partial charge in [0.15, 0.2) is 0 Å². The normalized spacial score (nSPS) is 12.1. The number of benzene rings is 1. The van der Waals surface area contributed by atoms with Crippen molar-refractivity contribution in [1.29, 1.82) is 0 Å². The molecule has 0 aliphatic heterocycles. The molecule has 0 N–H and O–H groups in total. The number of esters is 1. The summed E-state index contributed by atoms with van der Waals surface area (Å²) in [7, 11) is 0. The van der Waals surface area contributed by atoms with Gasteiger partial charge in [0.2, 0.25) is 0 Å². The van der Waals surface area contributed by atoms with Gasteiger partial charge >= 0.3 is 5.97 Å². The van der Waals surface area contributed by atoms with Crippen LogP contribution in [0.2, 0.25) is 0 Å². The maximum Gasteiger partial charge on any atom is 0.306 e. The molecule has 17 heavy (non-hydrogen) atoms. The van der Waals surface area contributed by atoms with Crippen molar-refractivity contribution in [2.24, 2.45) is 5.92 Å². The number of hydrogen-bond donors (Lipinski definition) is 0. The van der Waals surface area contributed by atoms with Gasteiger partial charge in [0, 0.05) is 6.42 Å². The molecule has 0 radical (unpaired) electrons. The standard InChI is InChI=1S/C15H22O2/c1-3-13(2)8-7-11-15(16)17-12-14-9-5-4-6-10-14/h4-6,9-10,13H,3,7-8,11-12H2,1-2H3. The fourth-order valence-electron chi connectivity index (χ4n) is 1.61. The number of carbonyl (C=O) groups is 1. The molecule has 1 rings (SSSR count). The predicted molar refractivity (Wildman–Crippen MR) is 69.5 cm³/mol. The van der Waals surface area contributed by atoms with Gasteiger partial charge < -0.3 is 4.74 Å². The first kappa shape index (κ1) is 13.8. The Balaban J connectivity index is 2.13. The van der Waals surface area contributed by atoms with E-state index in [-0.39, 0.29) is 5.97 Å². The van der Waals surface area contributed by atoms with E-state index in [1.54, 1.807) is 0 Å². The monoisotopic (exact) mass is 234 g/mol. The lowest BCUT2D eigenvalue weighted by Crippen LogP contribution is -2.05. The summed E-state index contributed by atoms with van der Waals surface area (Å²) in [5.41, 5.74) is 1.04. The first-order chi connectivity index (χ1) is 8.22. The Morgan fingerprint density at radius 3 is 2.65 bits per heavy atom. The van der Waals surface area contributed by atoms with Gasteiger partial charge in [-0.05, 0) is 17.9 Å². The molecule has 94 valence electrons. The minimum atomic E-state index is -0.0860. The Kier molecular flexibility index (Phi) is 6.38. The average Bonchev–Trinajstić information content (AvgIpc) is 2.37. The van der Waals surface area contributed by atoms with Crippen LogP contribution < -0.4 is 0 Å². The van der Waals surface area contributed by atoms with Gasteiger partial charge in [-0.25, -0.2) is 0 Å². The second kappa shape index (κ2) is 7.88. The van der Waals surface area contributed by atoms with Crippen molar-refractivity contribution in [3.63, 3.8) is 0 Å². The van der Waals surface area contributed by atoms with Crippen LogP contribution in [-0.2, 0) is 16.1 Å². The summed E-state index contributed by atoms with van der Waals surface area (Å²) in [6, 6.07) is 9.79. The minimum absolute atomic E-state index is 0.0860. The first-order valence-corrected chi connectivity index (χ1v) is 6.42. The van der Waals surface area contributed by atoms with Gasteiger partial charge in [0.25, 0.3) is 0 Å². The van der Waals surface area contributed by atoms with E-state index in [0.717, 1.165) is 18.4 Å². The lowest BCUT2D eigenvalue weighted by atomic mass is 10.0. The minimum Gasteiger partial charge on any atom is -0.461 e. The van der Waals surface area contributed by atoms with Crippen LogP contribution in [-0.4, -0.2) is 5.97 Å². The van der Waals surface area contributed by atoms with Crippen molar-refractivity contribution in [3.8, 4) is 0 Å². The second-order valence-corrected chi connectivity index (χ2v) is 4.55. The summed E-state index contributed by atoms with van der Waals surface area (Å²) in [4.78, 5) is 11.5. The Labute approximate surface area is 104 Å². The Hall–Kier alpha value is -1.31. The van der Waals surface area contributed by atoms with E-state index in [1.165, 1.54) is 6.42 Å². The Bertz CT molecular complexity index is 319. The molecule has 0 aromatic heterocycles. The highest BCUT2D eigenvalue weighted by molar-refractivity contribution is 5.69. The molecule has 0 fully saturated rings. The maximum atomic E-state index is 11.5. The highest BCUT2D eigenvalue weighted by Crippen LogP contribution is 2.11. The van der Waals surface area contributed by atoms with E-state index in [1.807, 2.05) is 30.3 Å².